The van der Waals surface area contributed by atoms with Crippen LogP contribution in [0.5, 0.6) is 0 Å². The molecule has 1 aromatic rings. The Hall–Kier alpha value is -1.00. The van der Waals surface area contributed by atoms with Crippen molar-refractivity contribution in [2.24, 2.45) is 0 Å². The quantitative estimate of drug-likeness (QED) is 0.552. The van der Waals surface area contributed by atoms with Gasteiger partial charge in [-0.2, -0.15) is 0 Å². The van der Waals surface area contributed by atoms with Crippen LogP contribution in [0.2, 0.25) is 0 Å². The van der Waals surface area contributed by atoms with E-state index in [9.17, 15) is 5.21 Å². The first-order valence-corrected chi connectivity index (χ1v) is 2.00. The second-order valence-electron chi connectivity index (χ2n) is 1.22. The fraction of sp³-hybridized carbons (Fsp3) is 0. The third-order valence-corrected chi connectivity index (χ3v) is 0.695. The summed E-state index contributed by atoms with van der Waals surface area (Å²) in [5.41, 5.74) is 0. The van der Waals surface area contributed by atoms with Gasteiger partial charge in [0.1, 0.15) is 0 Å². The molecule has 0 bridgehead atoms. The van der Waals surface area contributed by atoms with Crippen molar-refractivity contribution in [1.29, 1.82) is 0 Å². The van der Waals surface area contributed by atoms with Crippen molar-refractivity contribution in [2.75, 3.05) is 5.23 Å². The second kappa shape index (κ2) is 1.85. The van der Waals surface area contributed by atoms with Crippen molar-refractivity contribution in [3.63, 3.8) is 0 Å². The number of furan rings is 1. The molecule has 1 N–H and O–H groups in total. The Bertz CT molecular complexity index is 146. The third kappa shape index (κ3) is 0.800. The molecule has 4 heteroatoms. The van der Waals surface area contributed by atoms with Crippen molar-refractivity contribution in [2.45, 2.75) is 0 Å². The number of anilines is 1. The monoisotopic (exact) mass is 114 g/mol. The Morgan fingerprint density at radius 3 is 2.75 bits per heavy atom. The second-order valence-corrected chi connectivity index (χ2v) is 1.22. The van der Waals surface area contributed by atoms with Gasteiger partial charge in [0.25, 0.3) is 0 Å². The van der Waals surface area contributed by atoms with Gasteiger partial charge >= 0.3 is 0 Å². The summed E-state index contributed by atoms with van der Waals surface area (Å²) in [5.74, 6) is -0.106. The van der Waals surface area contributed by atoms with E-state index in [1.54, 1.807) is 0 Å². The summed E-state index contributed by atoms with van der Waals surface area (Å²) in [7, 11) is 0. The predicted molar refractivity (Wildman–Crippen MR) is 26.3 cm³/mol. The highest BCUT2D eigenvalue weighted by molar-refractivity contribution is 5.30. The van der Waals surface area contributed by atoms with Gasteiger partial charge in [0.2, 0.25) is 5.88 Å². The minimum absolute atomic E-state index is 0.106. The molecule has 0 aromatic carbocycles. The van der Waals surface area contributed by atoms with E-state index >= 15 is 0 Å². The molecule has 0 saturated carbocycles. The molecule has 1 aromatic heterocycles. The standard InChI is InChI=1S/C4H4NO3/c6-5(7)4-2-1-3-8-4/h1-3,6H/q-1. The van der Waals surface area contributed by atoms with E-state index in [2.05, 4.69) is 4.42 Å². The van der Waals surface area contributed by atoms with Gasteiger partial charge in [0.15, 0.2) is 0 Å². The lowest BCUT2D eigenvalue weighted by Gasteiger charge is -2.16. The largest absolute Gasteiger partial charge is 0.731 e. The Kier molecular flexibility index (Phi) is 1.19. The van der Waals surface area contributed by atoms with Gasteiger partial charge in [-0.25, -0.2) is 0 Å². The van der Waals surface area contributed by atoms with Crippen molar-refractivity contribution < 1.29 is 9.62 Å². The van der Waals surface area contributed by atoms with E-state index < -0.39 is 0 Å². The van der Waals surface area contributed by atoms with Crippen LogP contribution in [0, 0.1) is 5.21 Å². The smallest absolute Gasteiger partial charge is 0.208 e. The Labute approximate surface area is 45.5 Å². The van der Waals surface area contributed by atoms with Gasteiger partial charge in [-0.15, -0.1) is 0 Å². The highest BCUT2D eigenvalue weighted by Gasteiger charge is 1.89. The first-order valence-electron chi connectivity index (χ1n) is 2.00. The lowest BCUT2D eigenvalue weighted by Crippen LogP contribution is -2.04. The molecule has 0 amide bonds. The normalized spacial score (nSPS) is 9.25. The molecule has 0 aliphatic rings. The fourth-order valence-corrected chi connectivity index (χ4v) is 0.379. The number of hydrogen-bond acceptors (Lipinski definition) is 4. The summed E-state index contributed by atoms with van der Waals surface area (Å²) in [6, 6.07) is 2.86. The summed E-state index contributed by atoms with van der Waals surface area (Å²) in [6.07, 6.45) is 1.30. The van der Waals surface area contributed by atoms with Gasteiger partial charge in [-0.1, -0.05) is 0 Å². The van der Waals surface area contributed by atoms with Crippen molar-refractivity contribution >= 4 is 5.88 Å². The molecule has 0 atom stereocenters. The van der Waals surface area contributed by atoms with Gasteiger partial charge in [-0.3, -0.25) is 10.4 Å². The minimum atomic E-state index is -0.333. The first kappa shape index (κ1) is 5.14. The van der Waals surface area contributed by atoms with E-state index in [1.807, 2.05) is 0 Å². The number of rotatable bonds is 1. The van der Waals surface area contributed by atoms with Gasteiger partial charge in [0, 0.05) is 6.07 Å². The van der Waals surface area contributed by atoms with Crippen molar-refractivity contribution in [3.8, 4) is 0 Å². The number of nitrogens with zero attached hydrogens (tertiary/aromatic N) is 1. The van der Waals surface area contributed by atoms with E-state index in [0.29, 0.717) is 0 Å². The van der Waals surface area contributed by atoms with Crippen LogP contribution < -0.4 is 5.23 Å². The molecule has 0 fully saturated rings. The van der Waals surface area contributed by atoms with Crippen LogP contribution in [0.15, 0.2) is 22.8 Å². The van der Waals surface area contributed by atoms with E-state index in [4.69, 9.17) is 5.21 Å². The van der Waals surface area contributed by atoms with Crippen LogP contribution >= 0.6 is 0 Å². The molecule has 0 radical (unpaired) electrons. The maximum Gasteiger partial charge on any atom is 0.208 e. The van der Waals surface area contributed by atoms with E-state index in [-0.39, 0.29) is 11.1 Å². The Balaban J connectivity index is 2.77. The zero-order chi connectivity index (χ0) is 5.98. The maximum atomic E-state index is 9.88. The zero-order valence-corrected chi connectivity index (χ0v) is 3.94. The highest BCUT2D eigenvalue weighted by Crippen LogP contribution is 2.09. The predicted octanol–water partition coefficient (Wildman–Crippen LogP) is 0.973. The molecule has 0 spiro atoms. The van der Waals surface area contributed by atoms with Crippen LogP contribution in [-0.2, 0) is 0 Å². The molecule has 0 saturated heterocycles. The summed E-state index contributed by atoms with van der Waals surface area (Å²) in [4.78, 5) is 0. The maximum absolute atomic E-state index is 9.88. The molecule has 1 rings (SSSR count). The molecule has 0 aliphatic heterocycles. The van der Waals surface area contributed by atoms with Crippen molar-refractivity contribution in [1.82, 2.24) is 0 Å². The van der Waals surface area contributed by atoms with Gasteiger partial charge in [0.05, 0.1) is 6.26 Å². The minimum Gasteiger partial charge on any atom is -0.731 e. The first-order chi connectivity index (χ1) is 3.80. The number of hydrogen-bond donors (Lipinski definition) is 1. The molecule has 4 nitrogen and oxygen atoms in total. The average molecular weight is 114 g/mol. The van der Waals surface area contributed by atoms with Crippen LogP contribution in [0.4, 0.5) is 5.88 Å². The third-order valence-electron chi connectivity index (χ3n) is 0.695. The van der Waals surface area contributed by atoms with Crippen LogP contribution in [0.3, 0.4) is 0 Å². The lowest BCUT2D eigenvalue weighted by atomic mass is 10.6. The molecule has 8 heavy (non-hydrogen) atoms. The summed E-state index contributed by atoms with van der Waals surface area (Å²) >= 11 is 0. The molecule has 44 valence electrons. The van der Waals surface area contributed by atoms with Crippen molar-refractivity contribution in [3.05, 3.63) is 23.6 Å². The fourth-order valence-electron chi connectivity index (χ4n) is 0.379. The topological polar surface area (TPSA) is 59.7 Å². The highest BCUT2D eigenvalue weighted by atomic mass is 16.8. The summed E-state index contributed by atoms with van der Waals surface area (Å²) in [5, 5.41) is 17.6. The molecular formula is C4H4NO3-. The van der Waals surface area contributed by atoms with E-state index in [0.717, 1.165) is 0 Å². The van der Waals surface area contributed by atoms with Crippen LogP contribution in [0.25, 0.3) is 0 Å². The summed E-state index contributed by atoms with van der Waals surface area (Å²) < 4.78 is 4.46. The molecule has 0 unspecified atom stereocenters. The van der Waals surface area contributed by atoms with Gasteiger partial charge < -0.3 is 9.62 Å². The van der Waals surface area contributed by atoms with E-state index in [1.165, 1.54) is 18.4 Å². The van der Waals surface area contributed by atoms with Crippen LogP contribution in [0.1, 0.15) is 0 Å². The molecule has 0 aliphatic carbocycles. The van der Waals surface area contributed by atoms with Gasteiger partial charge in [-0.05, 0) is 6.07 Å². The summed E-state index contributed by atoms with van der Waals surface area (Å²) in [6.45, 7) is 0. The lowest BCUT2D eigenvalue weighted by molar-refractivity contribution is 0.273. The molecule has 1 heterocycles. The average Bonchev–Trinajstić information content (AvgIpc) is 2.12. The Morgan fingerprint density at radius 2 is 2.50 bits per heavy atom. The van der Waals surface area contributed by atoms with Crippen LogP contribution in [-0.4, -0.2) is 5.21 Å². The zero-order valence-electron chi connectivity index (χ0n) is 3.94. The Morgan fingerprint density at radius 1 is 1.75 bits per heavy atom. The molecular weight excluding hydrogens is 110 g/mol. The SMILES string of the molecule is [O-]N(O)c1ccco1.